The van der Waals surface area contributed by atoms with E-state index in [4.69, 9.17) is 27.9 Å². The van der Waals surface area contributed by atoms with E-state index in [1.54, 1.807) is 29.2 Å². The third-order valence-corrected chi connectivity index (χ3v) is 9.13. The lowest BCUT2D eigenvalue weighted by Crippen LogP contribution is -2.49. The Morgan fingerprint density at radius 1 is 1.19 bits per heavy atom. The molecule has 5 rings (SSSR count). The number of likely N-dealkylation sites (N-methyl/N-ethyl adjacent to an activating group) is 1. The molecule has 0 unspecified atom stereocenters. The molecule has 4 aromatic rings. The third kappa shape index (κ3) is 6.55. The maximum atomic E-state index is 13.8. The van der Waals surface area contributed by atoms with Crippen LogP contribution >= 0.6 is 34.5 Å². The minimum absolute atomic E-state index is 0.0969. The van der Waals surface area contributed by atoms with E-state index < -0.39 is 6.04 Å². The number of aliphatic hydroxyl groups excluding tert-OH is 1. The minimum Gasteiger partial charge on any atom is -0.486 e. The first-order valence-corrected chi connectivity index (χ1v) is 15.2. The molecule has 0 saturated heterocycles. The molecule has 2 amide bonds. The number of amides is 2. The van der Waals surface area contributed by atoms with Gasteiger partial charge in [0, 0.05) is 25.6 Å². The second-order valence-corrected chi connectivity index (χ2v) is 12.5. The largest absolute Gasteiger partial charge is 0.486 e. The monoisotopic (exact) mass is 626 g/mol. The van der Waals surface area contributed by atoms with Crippen LogP contribution < -0.4 is 10.1 Å². The van der Waals surface area contributed by atoms with E-state index in [0.29, 0.717) is 51.7 Å². The van der Waals surface area contributed by atoms with Gasteiger partial charge in [-0.2, -0.15) is 0 Å². The van der Waals surface area contributed by atoms with Crippen LogP contribution in [0.2, 0.25) is 10.0 Å². The van der Waals surface area contributed by atoms with Crippen LogP contribution in [0, 0.1) is 5.92 Å². The first-order valence-electron chi connectivity index (χ1n) is 13.7. The quantitative estimate of drug-likeness (QED) is 0.241. The summed E-state index contributed by atoms with van der Waals surface area (Å²) in [7, 11) is 1.98. The average Bonchev–Trinajstić information content (AvgIpc) is 3.41. The molecule has 3 aromatic carbocycles. The van der Waals surface area contributed by atoms with E-state index in [1.165, 1.54) is 11.3 Å². The number of nitrogens with zero attached hydrogens (tertiary/aromatic N) is 3. The van der Waals surface area contributed by atoms with Gasteiger partial charge in [0.05, 0.1) is 44.2 Å². The van der Waals surface area contributed by atoms with E-state index >= 15 is 0 Å². The Morgan fingerprint density at radius 2 is 1.98 bits per heavy atom. The van der Waals surface area contributed by atoms with Gasteiger partial charge in [-0.05, 0) is 55.9 Å². The zero-order valence-electron chi connectivity index (χ0n) is 23.5. The van der Waals surface area contributed by atoms with E-state index in [0.717, 1.165) is 15.8 Å². The highest BCUT2D eigenvalue weighted by Gasteiger charge is 2.34. The van der Waals surface area contributed by atoms with Crippen LogP contribution in [-0.4, -0.2) is 70.6 Å². The number of anilines is 1. The van der Waals surface area contributed by atoms with Gasteiger partial charge in [0.25, 0.3) is 11.8 Å². The highest BCUT2D eigenvalue weighted by Crippen LogP contribution is 2.36. The minimum atomic E-state index is -0.401. The molecule has 2 heterocycles. The number of thiazole rings is 1. The van der Waals surface area contributed by atoms with Crippen molar-refractivity contribution in [1.82, 2.24) is 14.8 Å². The maximum absolute atomic E-state index is 13.8. The molecule has 1 aliphatic heterocycles. The maximum Gasteiger partial charge on any atom is 0.284 e. The predicted octanol–water partition coefficient (Wildman–Crippen LogP) is 6.21. The van der Waals surface area contributed by atoms with Gasteiger partial charge in [-0.1, -0.05) is 54.4 Å². The number of nitrogens with one attached hydrogen (secondary N) is 1. The number of ether oxygens (including phenoxy) is 1. The Labute approximate surface area is 258 Å². The van der Waals surface area contributed by atoms with Crippen molar-refractivity contribution in [3.8, 4) is 5.75 Å². The highest BCUT2D eigenvalue weighted by atomic mass is 35.5. The van der Waals surface area contributed by atoms with Crippen LogP contribution in [0.1, 0.15) is 39.6 Å². The SMILES string of the molecule is C[C@@H]1CN([C@H](C)CO)C(=O)c2cccc(NC(=O)c3nc4ccccc4s3)c2O[C@@H]1CN(C)Cc1ccc(Cl)c(Cl)c1. The molecule has 0 aliphatic carbocycles. The highest BCUT2D eigenvalue weighted by molar-refractivity contribution is 7.20. The third-order valence-electron chi connectivity index (χ3n) is 7.36. The van der Waals surface area contributed by atoms with Crippen LogP contribution in [-0.2, 0) is 6.54 Å². The molecular formula is C31H32Cl2N4O4S. The van der Waals surface area contributed by atoms with Crippen molar-refractivity contribution >= 4 is 62.3 Å². The lowest BCUT2D eigenvalue weighted by atomic mass is 9.98. The standard InChI is InChI=1S/C31H32Cl2N4O4S/c1-18-14-37(19(2)17-38)31(40)21-7-6-9-25(34-29(39)30-35-24-8-4-5-10-27(24)42-30)28(21)41-26(18)16-36(3)15-20-11-12-22(32)23(33)13-20/h4-13,18-19,26,38H,14-17H2,1-3H3,(H,34,39)/t18-,19-,26-/m1/s1. The van der Waals surface area contributed by atoms with Crippen LogP contribution in [0.3, 0.4) is 0 Å². The summed E-state index contributed by atoms with van der Waals surface area (Å²) in [6, 6.07) is 17.8. The number of carbonyl (C=O) groups excluding carboxylic acids is 2. The molecule has 0 saturated carbocycles. The Bertz CT molecular complexity index is 1580. The predicted molar refractivity (Wildman–Crippen MR) is 168 cm³/mol. The molecule has 1 aliphatic rings. The number of aromatic nitrogens is 1. The van der Waals surface area contributed by atoms with E-state index in [-0.39, 0.29) is 30.4 Å². The summed E-state index contributed by atoms with van der Waals surface area (Å²) in [5.74, 6) is -0.450. The molecule has 0 spiro atoms. The van der Waals surface area contributed by atoms with Crippen molar-refractivity contribution in [2.75, 3.05) is 32.1 Å². The van der Waals surface area contributed by atoms with Gasteiger partial charge in [-0.3, -0.25) is 14.5 Å². The zero-order chi connectivity index (χ0) is 30.0. The lowest BCUT2D eigenvalue weighted by molar-refractivity contribution is 0.0343. The second-order valence-electron chi connectivity index (χ2n) is 10.7. The second kappa shape index (κ2) is 13.0. The van der Waals surface area contributed by atoms with Crippen molar-refractivity contribution in [2.24, 2.45) is 5.92 Å². The molecule has 0 bridgehead atoms. The van der Waals surface area contributed by atoms with Crippen molar-refractivity contribution in [3.63, 3.8) is 0 Å². The summed E-state index contributed by atoms with van der Waals surface area (Å²) in [4.78, 5) is 35.4. The van der Waals surface area contributed by atoms with Crippen molar-refractivity contribution in [3.05, 3.63) is 86.8 Å². The number of rotatable bonds is 8. The Balaban J connectivity index is 1.46. The van der Waals surface area contributed by atoms with Gasteiger partial charge in [0.2, 0.25) is 0 Å². The van der Waals surface area contributed by atoms with Crippen LogP contribution in [0.15, 0.2) is 60.7 Å². The van der Waals surface area contributed by atoms with E-state index in [9.17, 15) is 14.7 Å². The fourth-order valence-electron chi connectivity index (χ4n) is 5.03. The normalized spacial score (nSPS) is 17.9. The van der Waals surface area contributed by atoms with Crippen molar-refractivity contribution in [2.45, 2.75) is 32.5 Å². The molecule has 1 aromatic heterocycles. The summed E-state index contributed by atoms with van der Waals surface area (Å²) in [5.41, 5.74) is 2.45. The van der Waals surface area contributed by atoms with Gasteiger partial charge in [0.1, 0.15) is 6.10 Å². The molecule has 3 atom stereocenters. The fourth-order valence-corrected chi connectivity index (χ4v) is 6.21. The smallest absolute Gasteiger partial charge is 0.284 e. The number of halogens is 2. The summed E-state index contributed by atoms with van der Waals surface area (Å²) >= 11 is 13.6. The molecule has 220 valence electrons. The average molecular weight is 628 g/mol. The summed E-state index contributed by atoms with van der Waals surface area (Å²) < 4.78 is 7.54. The summed E-state index contributed by atoms with van der Waals surface area (Å²) in [5, 5.41) is 14.2. The van der Waals surface area contributed by atoms with Gasteiger partial charge in [0.15, 0.2) is 10.8 Å². The van der Waals surface area contributed by atoms with Gasteiger partial charge >= 0.3 is 0 Å². The number of benzene rings is 3. The first-order chi connectivity index (χ1) is 20.1. The zero-order valence-corrected chi connectivity index (χ0v) is 25.8. The Kier molecular flexibility index (Phi) is 9.35. The lowest BCUT2D eigenvalue weighted by Gasteiger charge is -2.38. The molecule has 0 radical (unpaired) electrons. The number of hydrogen-bond acceptors (Lipinski definition) is 7. The fraction of sp³-hybridized carbons (Fsp3) is 0.323. The summed E-state index contributed by atoms with van der Waals surface area (Å²) in [6.45, 7) is 5.18. The molecule has 8 nitrogen and oxygen atoms in total. The van der Waals surface area contributed by atoms with Crippen LogP contribution in [0.25, 0.3) is 10.2 Å². The number of para-hydroxylation sites is 2. The molecule has 42 heavy (non-hydrogen) atoms. The number of aliphatic hydroxyl groups is 1. The van der Waals surface area contributed by atoms with Gasteiger partial charge in [-0.25, -0.2) is 4.98 Å². The molecule has 0 fully saturated rings. The number of hydrogen-bond donors (Lipinski definition) is 2. The van der Waals surface area contributed by atoms with Gasteiger partial charge < -0.3 is 20.1 Å². The van der Waals surface area contributed by atoms with Crippen LogP contribution in [0.5, 0.6) is 5.75 Å². The van der Waals surface area contributed by atoms with E-state index in [1.807, 2.05) is 57.3 Å². The topological polar surface area (TPSA) is 95.0 Å². The van der Waals surface area contributed by atoms with Crippen molar-refractivity contribution < 1.29 is 19.4 Å². The Morgan fingerprint density at radius 3 is 2.71 bits per heavy atom. The van der Waals surface area contributed by atoms with Crippen molar-refractivity contribution in [1.29, 1.82) is 0 Å². The number of carbonyl (C=O) groups is 2. The number of fused-ring (bicyclic) bond motifs is 2. The molecule has 2 N–H and O–H groups in total. The van der Waals surface area contributed by atoms with Crippen LogP contribution in [0.4, 0.5) is 5.69 Å². The first kappa shape index (κ1) is 30.3. The summed E-state index contributed by atoms with van der Waals surface area (Å²) in [6.07, 6.45) is -0.349. The Hall–Kier alpha value is -3.21. The molecular weight excluding hydrogens is 595 g/mol. The molecule has 11 heteroatoms. The van der Waals surface area contributed by atoms with Gasteiger partial charge in [-0.15, -0.1) is 11.3 Å². The van der Waals surface area contributed by atoms with E-state index in [2.05, 4.69) is 15.2 Å².